The van der Waals surface area contributed by atoms with E-state index in [1.54, 1.807) is 42.6 Å². The lowest BCUT2D eigenvalue weighted by atomic mass is 10.1. The van der Waals surface area contributed by atoms with Crippen LogP contribution in [0.2, 0.25) is 0 Å². The number of amides is 1. The van der Waals surface area contributed by atoms with Crippen molar-refractivity contribution in [3.8, 4) is 17.4 Å². The highest BCUT2D eigenvalue weighted by Gasteiger charge is 2.20. The molecule has 1 atom stereocenters. The summed E-state index contributed by atoms with van der Waals surface area (Å²) in [5.74, 6) is 0.745. The molecule has 0 saturated heterocycles. The number of methoxy groups -OCH3 is 1. The molecule has 8 heteroatoms. The molecular weight excluding hydrogens is 392 g/mol. The van der Waals surface area contributed by atoms with Gasteiger partial charge in [-0.2, -0.15) is 0 Å². The lowest BCUT2D eigenvalue weighted by Crippen LogP contribution is -2.33. The van der Waals surface area contributed by atoms with Crippen molar-refractivity contribution < 1.29 is 23.8 Å². The summed E-state index contributed by atoms with van der Waals surface area (Å²) in [5.41, 5.74) is 0. The lowest BCUT2D eigenvalue weighted by molar-refractivity contribution is -0.141. The normalized spacial score (nSPS) is 11.3. The SMILES string of the molecule is COC(=O)C[C@H](NC(=O)COc1cccc(Oc2ccccn2)c1)c1cccs1. The molecule has 3 rings (SSSR count). The summed E-state index contributed by atoms with van der Waals surface area (Å²) >= 11 is 1.46. The average Bonchev–Trinajstić information content (AvgIpc) is 3.27. The van der Waals surface area contributed by atoms with E-state index in [2.05, 4.69) is 10.3 Å². The van der Waals surface area contributed by atoms with Crippen LogP contribution in [0.15, 0.2) is 66.2 Å². The Bertz CT molecular complexity index is 931. The van der Waals surface area contributed by atoms with E-state index < -0.39 is 12.0 Å². The van der Waals surface area contributed by atoms with Crippen molar-refractivity contribution >= 4 is 23.2 Å². The van der Waals surface area contributed by atoms with Crippen LogP contribution < -0.4 is 14.8 Å². The molecule has 0 radical (unpaired) electrons. The summed E-state index contributed by atoms with van der Waals surface area (Å²) < 4.78 is 15.9. The first-order chi connectivity index (χ1) is 14.1. The Morgan fingerprint density at radius 2 is 1.97 bits per heavy atom. The fourth-order valence-corrected chi connectivity index (χ4v) is 3.28. The number of hydrogen-bond donors (Lipinski definition) is 1. The molecule has 0 saturated carbocycles. The summed E-state index contributed by atoms with van der Waals surface area (Å²) in [4.78, 5) is 29.0. The summed E-state index contributed by atoms with van der Waals surface area (Å²) in [6, 6.07) is 15.6. The zero-order valence-electron chi connectivity index (χ0n) is 15.7. The molecule has 29 heavy (non-hydrogen) atoms. The number of esters is 1. The van der Waals surface area contributed by atoms with Crippen molar-refractivity contribution in [1.29, 1.82) is 0 Å². The highest BCUT2D eigenvalue weighted by atomic mass is 32.1. The van der Waals surface area contributed by atoms with Gasteiger partial charge in [0.1, 0.15) is 11.5 Å². The number of aromatic nitrogens is 1. The molecular formula is C21H20N2O5S. The second kappa shape index (κ2) is 10.2. The molecule has 0 aliphatic rings. The highest BCUT2D eigenvalue weighted by Crippen LogP contribution is 2.24. The van der Waals surface area contributed by atoms with Crippen molar-refractivity contribution in [3.63, 3.8) is 0 Å². The van der Waals surface area contributed by atoms with E-state index >= 15 is 0 Å². The van der Waals surface area contributed by atoms with Gasteiger partial charge in [-0.3, -0.25) is 9.59 Å². The number of hydrogen-bond acceptors (Lipinski definition) is 7. The predicted octanol–water partition coefficient (Wildman–Crippen LogP) is 3.73. The third-order valence-electron chi connectivity index (χ3n) is 3.86. The number of nitrogens with one attached hydrogen (secondary N) is 1. The Labute approximate surface area is 172 Å². The first-order valence-corrected chi connectivity index (χ1v) is 9.73. The van der Waals surface area contributed by atoms with Crippen molar-refractivity contribution in [1.82, 2.24) is 10.3 Å². The molecule has 3 aromatic rings. The van der Waals surface area contributed by atoms with Gasteiger partial charge >= 0.3 is 5.97 Å². The minimum atomic E-state index is -0.461. The third kappa shape index (κ3) is 6.32. The van der Waals surface area contributed by atoms with Gasteiger partial charge in [-0.15, -0.1) is 11.3 Å². The monoisotopic (exact) mass is 412 g/mol. The Hall–Kier alpha value is -3.39. The van der Waals surface area contributed by atoms with Gasteiger partial charge in [-0.1, -0.05) is 18.2 Å². The van der Waals surface area contributed by atoms with Crippen LogP contribution in [0.4, 0.5) is 0 Å². The van der Waals surface area contributed by atoms with E-state index in [1.807, 2.05) is 23.6 Å². The topological polar surface area (TPSA) is 86.8 Å². The number of carbonyl (C=O) groups excluding carboxylic acids is 2. The maximum Gasteiger partial charge on any atom is 0.307 e. The molecule has 0 aliphatic heterocycles. The van der Waals surface area contributed by atoms with E-state index in [9.17, 15) is 9.59 Å². The van der Waals surface area contributed by atoms with E-state index in [0.29, 0.717) is 17.4 Å². The van der Waals surface area contributed by atoms with Gasteiger partial charge in [0.05, 0.1) is 19.6 Å². The maximum absolute atomic E-state index is 12.3. The Morgan fingerprint density at radius 1 is 1.10 bits per heavy atom. The van der Waals surface area contributed by atoms with E-state index in [4.69, 9.17) is 14.2 Å². The van der Waals surface area contributed by atoms with E-state index in [-0.39, 0.29) is 18.9 Å². The quantitative estimate of drug-likeness (QED) is 0.539. The molecule has 0 bridgehead atoms. The van der Waals surface area contributed by atoms with Gasteiger partial charge in [0, 0.05) is 23.2 Å². The molecule has 7 nitrogen and oxygen atoms in total. The third-order valence-corrected chi connectivity index (χ3v) is 4.84. The maximum atomic E-state index is 12.3. The van der Waals surface area contributed by atoms with Gasteiger partial charge in [0.25, 0.3) is 5.91 Å². The zero-order valence-corrected chi connectivity index (χ0v) is 16.6. The van der Waals surface area contributed by atoms with Gasteiger partial charge in [0.15, 0.2) is 6.61 Å². The number of ether oxygens (including phenoxy) is 3. The van der Waals surface area contributed by atoms with Gasteiger partial charge < -0.3 is 19.5 Å². The average molecular weight is 412 g/mol. The van der Waals surface area contributed by atoms with Gasteiger partial charge in [-0.25, -0.2) is 4.98 Å². The number of carbonyl (C=O) groups is 2. The smallest absolute Gasteiger partial charge is 0.307 e. The fraction of sp³-hybridized carbons (Fsp3) is 0.190. The molecule has 1 aromatic carbocycles. The summed E-state index contributed by atoms with van der Waals surface area (Å²) in [5, 5.41) is 4.70. The summed E-state index contributed by atoms with van der Waals surface area (Å²) in [6.45, 7) is -0.198. The van der Waals surface area contributed by atoms with Crippen LogP contribution >= 0.6 is 11.3 Å². The molecule has 0 unspecified atom stereocenters. The Morgan fingerprint density at radius 3 is 2.69 bits per heavy atom. The molecule has 2 aromatic heterocycles. The minimum absolute atomic E-state index is 0.0517. The van der Waals surface area contributed by atoms with Crippen LogP contribution in [-0.4, -0.2) is 30.6 Å². The van der Waals surface area contributed by atoms with Crippen molar-refractivity contribution in [2.24, 2.45) is 0 Å². The van der Waals surface area contributed by atoms with Crippen LogP contribution in [0, 0.1) is 0 Å². The van der Waals surface area contributed by atoms with Crippen molar-refractivity contribution in [2.75, 3.05) is 13.7 Å². The number of thiophene rings is 1. The van der Waals surface area contributed by atoms with Crippen LogP contribution in [0.1, 0.15) is 17.3 Å². The molecule has 2 heterocycles. The van der Waals surface area contributed by atoms with Gasteiger partial charge in [-0.05, 0) is 29.6 Å². The highest BCUT2D eigenvalue weighted by molar-refractivity contribution is 7.10. The van der Waals surface area contributed by atoms with Crippen LogP contribution in [0.3, 0.4) is 0 Å². The largest absolute Gasteiger partial charge is 0.484 e. The number of rotatable bonds is 9. The van der Waals surface area contributed by atoms with Crippen LogP contribution in [0.5, 0.6) is 17.4 Å². The van der Waals surface area contributed by atoms with Crippen molar-refractivity contribution in [3.05, 3.63) is 71.1 Å². The molecule has 0 fully saturated rings. The second-order valence-electron chi connectivity index (χ2n) is 5.95. The summed E-state index contributed by atoms with van der Waals surface area (Å²) in [7, 11) is 1.32. The Kier molecular flexibility index (Phi) is 7.18. The van der Waals surface area contributed by atoms with E-state index in [1.165, 1.54) is 18.4 Å². The van der Waals surface area contributed by atoms with Crippen LogP contribution in [-0.2, 0) is 14.3 Å². The first kappa shape index (κ1) is 20.3. The first-order valence-electron chi connectivity index (χ1n) is 8.85. The minimum Gasteiger partial charge on any atom is -0.484 e. The molecule has 0 spiro atoms. The standard InChI is InChI=1S/C21H20N2O5S/c1-26-21(25)13-17(18-8-5-11-29-18)23-19(24)14-27-15-6-4-7-16(12-15)28-20-9-2-3-10-22-20/h2-12,17H,13-14H2,1H3,(H,23,24)/t17-/m0/s1. The van der Waals surface area contributed by atoms with Gasteiger partial charge in [0.2, 0.25) is 5.88 Å². The molecule has 1 amide bonds. The molecule has 150 valence electrons. The number of benzene rings is 1. The lowest BCUT2D eigenvalue weighted by Gasteiger charge is -2.16. The van der Waals surface area contributed by atoms with E-state index in [0.717, 1.165) is 4.88 Å². The number of nitrogens with zero attached hydrogens (tertiary/aromatic N) is 1. The number of pyridine rings is 1. The Balaban J connectivity index is 1.56. The zero-order chi connectivity index (χ0) is 20.5. The molecule has 0 aliphatic carbocycles. The molecule has 1 N–H and O–H groups in total. The fourth-order valence-electron chi connectivity index (χ4n) is 2.50. The summed E-state index contributed by atoms with van der Waals surface area (Å²) in [6.07, 6.45) is 1.69. The second-order valence-corrected chi connectivity index (χ2v) is 6.93. The van der Waals surface area contributed by atoms with Crippen molar-refractivity contribution in [2.45, 2.75) is 12.5 Å². The van der Waals surface area contributed by atoms with Crippen LogP contribution in [0.25, 0.3) is 0 Å². The predicted molar refractivity (Wildman–Crippen MR) is 108 cm³/mol.